The van der Waals surface area contributed by atoms with Gasteiger partial charge in [0.1, 0.15) is 5.75 Å². The first-order chi connectivity index (χ1) is 15.2. The van der Waals surface area contributed by atoms with E-state index in [1.165, 1.54) is 0 Å². The van der Waals surface area contributed by atoms with E-state index >= 15 is 0 Å². The number of ether oxygens (including phenoxy) is 2. The van der Waals surface area contributed by atoms with Crippen molar-refractivity contribution in [2.45, 2.75) is 45.4 Å². The van der Waals surface area contributed by atoms with Crippen LogP contribution in [0, 0.1) is 6.92 Å². The molecule has 0 amide bonds. The highest BCUT2D eigenvalue weighted by Crippen LogP contribution is 2.35. The van der Waals surface area contributed by atoms with Crippen LogP contribution in [0.1, 0.15) is 31.0 Å². The van der Waals surface area contributed by atoms with E-state index in [1.54, 1.807) is 0 Å². The molecule has 0 aliphatic heterocycles. The largest absolute Gasteiger partial charge is 0.439 e. The molecular formula is C25H31N3O3. The molecule has 0 unspecified atom stereocenters. The van der Waals surface area contributed by atoms with E-state index in [4.69, 9.17) is 14.6 Å². The molecule has 1 fully saturated rings. The van der Waals surface area contributed by atoms with Crippen LogP contribution >= 0.6 is 0 Å². The second-order valence-electron chi connectivity index (χ2n) is 8.01. The fourth-order valence-corrected chi connectivity index (χ4v) is 3.73. The summed E-state index contributed by atoms with van der Waals surface area (Å²) in [5.41, 5.74) is 2.93. The molecule has 0 saturated heterocycles. The van der Waals surface area contributed by atoms with Crippen molar-refractivity contribution in [3.8, 4) is 17.3 Å². The molecule has 6 nitrogen and oxygen atoms in total. The van der Waals surface area contributed by atoms with Crippen molar-refractivity contribution >= 4 is 0 Å². The zero-order chi connectivity index (χ0) is 21.6. The molecule has 4 rings (SSSR count). The second kappa shape index (κ2) is 10.1. The normalized spacial score (nSPS) is 14.7. The summed E-state index contributed by atoms with van der Waals surface area (Å²) < 4.78 is 13.7. The molecule has 2 aromatic carbocycles. The quantitative estimate of drug-likeness (QED) is 0.499. The van der Waals surface area contributed by atoms with Crippen LogP contribution in [0.2, 0.25) is 0 Å². The van der Waals surface area contributed by atoms with Gasteiger partial charge >= 0.3 is 0 Å². The average Bonchev–Trinajstić information content (AvgIpc) is 3.60. The van der Waals surface area contributed by atoms with Crippen molar-refractivity contribution in [2.24, 2.45) is 0 Å². The number of aromatic nitrogens is 2. The molecule has 1 saturated carbocycles. The predicted octanol–water partition coefficient (Wildman–Crippen LogP) is 4.33. The zero-order valence-corrected chi connectivity index (χ0v) is 18.3. The molecule has 1 atom stereocenters. The third kappa shape index (κ3) is 5.53. The van der Waals surface area contributed by atoms with Gasteiger partial charge in [-0.25, -0.2) is 4.68 Å². The lowest BCUT2D eigenvalue weighted by Gasteiger charge is -2.25. The number of para-hydroxylation sites is 2. The van der Waals surface area contributed by atoms with Crippen LogP contribution < -0.4 is 4.74 Å². The van der Waals surface area contributed by atoms with Crippen molar-refractivity contribution in [2.75, 3.05) is 19.8 Å². The Hall–Kier alpha value is -2.67. The van der Waals surface area contributed by atoms with Crippen molar-refractivity contribution in [1.29, 1.82) is 0 Å². The molecular weight excluding hydrogens is 390 g/mol. The number of hydrogen-bond donors (Lipinski definition) is 1. The predicted molar refractivity (Wildman–Crippen MR) is 121 cm³/mol. The Bertz CT molecular complexity index is 955. The molecule has 164 valence electrons. The van der Waals surface area contributed by atoms with Crippen LogP contribution in [0.4, 0.5) is 0 Å². The molecule has 1 N–H and O–H groups in total. The van der Waals surface area contributed by atoms with Crippen LogP contribution in [0.5, 0.6) is 11.6 Å². The monoisotopic (exact) mass is 421 g/mol. The van der Waals surface area contributed by atoms with Gasteiger partial charge in [0.05, 0.1) is 29.7 Å². The number of rotatable bonds is 11. The molecule has 1 aliphatic carbocycles. The Morgan fingerprint density at radius 2 is 1.77 bits per heavy atom. The van der Waals surface area contributed by atoms with Gasteiger partial charge < -0.3 is 14.6 Å². The molecule has 31 heavy (non-hydrogen) atoms. The third-order valence-electron chi connectivity index (χ3n) is 5.48. The van der Waals surface area contributed by atoms with Gasteiger partial charge in [0, 0.05) is 25.7 Å². The molecule has 0 spiro atoms. The lowest BCUT2D eigenvalue weighted by molar-refractivity contribution is 0.0177. The highest BCUT2D eigenvalue weighted by molar-refractivity contribution is 5.43. The number of aliphatic hydroxyl groups is 1. The minimum absolute atomic E-state index is 0.356. The number of hydrogen-bond acceptors (Lipinski definition) is 5. The maximum absolute atomic E-state index is 10.4. The number of benzene rings is 2. The molecule has 1 aliphatic rings. The van der Waals surface area contributed by atoms with Crippen LogP contribution in [-0.4, -0.2) is 51.7 Å². The third-order valence-corrected chi connectivity index (χ3v) is 5.48. The van der Waals surface area contributed by atoms with E-state index in [0.29, 0.717) is 32.3 Å². The Morgan fingerprint density at radius 1 is 1.10 bits per heavy atom. The maximum atomic E-state index is 10.4. The number of aryl methyl sites for hydroxylation is 1. The Labute approximate surface area is 184 Å². The zero-order valence-electron chi connectivity index (χ0n) is 18.3. The van der Waals surface area contributed by atoms with Gasteiger partial charge in [0.25, 0.3) is 0 Å². The van der Waals surface area contributed by atoms with Crippen molar-refractivity contribution in [3.63, 3.8) is 0 Å². The van der Waals surface area contributed by atoms with Crippen LogP contribution in [0.3, 0.4) is 0 Å². The first kappa shape index (κ1) is 21.6. The number of nitrogens with zero attached hydrogens (tertiary/aromatic N) is 3. The van der Waals surface area contributed by atoms with Gasteiger partial charge in [-0.2, -0.15) is 5.10 Å². The van der Waals surface area contributed by atoms with Gasteiger partial charge in [0.2, 0.25) is 5.88 Å². The summed E-state index contributed by atoms with van der Waals surface area (Å²) in [7, 11) is 0. The van der Waals surface area contributed by atoms with E-state index in [1.807, 2.05) is 79.2 Å². The SMILES string of the molecule is CCOC[C@@H](O)CN(Cc1c(C)nn(-c2ccccc2)c1Oc1ccccc1)C1CC1. The van der Waals surface area contributed by atoms with Gasteiger partial charge in [-0.1, -0.05) is 36.4 Å². The summed E-state index contributed by atoms with van der Waals surface area (Å²) in [5, 5.41) is 15.3. The van der Waals surface area contributed by atoms with Gasteiger partial charge in [0.15, 0.2) is 0 Å². The van der Waals surface area contributed by atoms with E-state index in [0.717, 1.165) is 41.4 Å². The average molecular weight is 422 g/mol. The lowest BCUT2D eigenvalue weighted by atomic mass is 10.2. The Balaban J connectivity index is 1.64. The van der Waals surface area contributed by atoms with Crippen LogP contribution in [-0.2, 0) is 11.3 Å². The van der Waals surface area contributed by atoms with Crippen LogP contribution in [0.15, 0.2) is 60.7 Å². The van der Waals surface area contributed by atoms with Crippen molar-refractivity contribution in [1.82, 2.24) is 14.7 Å². The summed E-state index contributed by atoms with van der Waals surface area (Å²) >= 11 is 0. The van der Waals surface area contributed by atoms with Crippen molar-refractivity contribution < 1.29 is 14.6 Å². The Kier molecular flexibility index (Phi) is 7.02. The first-order valence-corrected chi connectivity index (χ1v) is 11.0. The smallest absolute Gasteiger partial charge is 0.227 e. The summed E-state index contributed by atoms with van der Waals surface area (Å²) in [6.07, 6.45) is 1.80. The lowest BCUT2D eigenvalue weighted by Crippen LogP contribution is -2.36. The Morgan fingerprint density at radius 3 is 2.42 bits per heavy atom. The first-order valence-electron chi connectivity index (χ1n) is 11.0. The van der Waals surface area contributed by atoms with E-state index < -0.39 is 6.10 Å². The van der Waals surface area contributed by atoms with E-state index in [9.17, 15) is 5.11 Å². The topological polar surface area (TPSA) is 59.8 Å². The van der Waals surface area contributed by atoms with Gasteiger partial charge in [-0.3, -0.25) is 4.90 Å². The molecule has 0 radical (unpaired) electrons. The minimum Gasteiger partial charge on any atom is -0.439 e. The molecule has 6 heteroatoms. The molecule has 0 bridgehead atoms. The molecule has 3 aromatic rings. The maximum Gasteiger partial charge on any atom is 0.227 e. The fourth-order valence-electron chi connectivity index (χ4n) is 3.73. The molecule has 1 heterocycles. The molecule has 1 aromatic heterocycles. The highest BCUT2D eigenvalue weighted by Gasteiger charge is 2.32. The van der Waals surface area contributed by atoms with E-state index in [2.05, 4.69) is 4.90 Å². The summed E-state index contributed by atoms with van der Waals surface area (Å²) in [4.78, 5) is 2.33. The van der Waals surface area contributed by atoms with E-state index in [-0.39, 0.29) is 0 Å². The summed E-state index contributed by atoms with van der Waals surface area (Å²) in [6.45, 7) is 6.18. The van der Waals surface area contributed by atoms with Gasteiger partial charge in [-0.05, 0) is 51.0 Å². The van der Waals surface area contributed by atoms with Crippen LogP contribution in [0.25, 0.3) is 5.69 Å². The summed E-state index contributed by atoms with van der Waals surface area (Å²) in [5.74, 6) is 1.50. The standard InChI is InChI=1S/C25H31N3O3/c1-3-30-18-22(29)16-27(20-14-15-20)17-24-19(2)26-28(21-10-6-4-7-11-21)25(24)31-23-12-8-5-9-13-23/h4-13,20,22,29H,3,14-18H2,1-2H3/t22-/m0/s1. The second-order valence-corrected chi connectivity index (χ2v) is 8.01. The van der Waals surface area contributed by atoms with Crippen molar-refractivity contribution in [3.05, 3.63) is 71.9 Å². The number of aliphatic hydroxyl groups excluding tert-OH is 1. The fraction of sp³-hybridized carbons (Fsp3) is 0.400. The highest BCUT2D eigenvalue weighted by atomic mass is 16.5. The summed E-state index contributed by atoms with van der Waals surface area (Å²) in [6, 6.07) is 20.3. The minimum atomic E-state index is -0.511. The van der Waals surface area contributed by atoms with Gasteiger partial charge in [-0.15, -0.1) is 0 Å².